The van der Waals surface area contributed by atoms with Crippen molar-refractivity contribution in [3.63, 3.8) is 0 Å². The molecule has 1 heterocycles. The van der Waals surface area contributed by atoms with Gasteiger partial charge in [0.05, 0.1) is 31.3 Å². The standard InChI is InChI=1S/C20H24N4O4/c1-12(24(2)11-13-5-8-17(27-3)18(9-13)28-4)19(25)21-14-6-7-15-16(10-14)23-20(26)22-15/h5-10,12H,11H2,1-4H3,(H,21,25)(H2,22,23,26). The molecule has 1 unspecified atom stereocenters. The predicted molar refractivity (Wildman–Crippen MR) is 108 cm³/mol. The average Bonchev–Trinajstić information content (AvgIpc) is 3.06. The molecule has 0 aliphatic rings. The van der Waals surface area contributed by atoms with Crippen molar-refractivity contribution in [2.24, 2.45) is 0 Å². The molecule has 0 saturated heterocycles. The molecule has 0 aliphatic carbocycles. The van der Waals surface area contributed by atoms with Crippen LogP contribution in [-0.2, 0) is 11.3 Å². The van der Waals surface area contributed by atoms with Crippen molar-refractivity contribution in [1.29, 1.82) is 0 Å². The molecule has 148 valence electrons. The maximum atomic E-state index is 12.6. The van der Waals surface area contributed by atoms with Gasteiger partial charge in [0.2, 0.25) is 5.91 Å². The second-order valence-corrected chi connectivity index (χ2v) is 6.61. The number of imidazole rings is 1. The number of nitrogens with one attached hydrogen (secondary N) is 3. The fraction of sp³-hybridized carbons (Fsp3) is 0.300. The van der Waals surface area contributed by atoms with E-state index < -0.39 is 0 Å². The molecule has 1 amide bonds. The van der Waals surface area contributed by atoms with Crippen LogP contribution < -0.4 is 20.5 Å². The van der Waals surface area contributed by atoms with E-state index in [0.29, 0.717) is 34.8 Å². The van der Waals surface area contributed by atoms with E-state index in [4.69, 9.17) is 9.47 Å². The number of aromatic nitrogens is 2. The van der Waals surface area contributed by atoms with Crippen LogP contribution in [0.5, 0.6) is 11.5 Å². The highest BCUT2D eigenvalue weighted by molar-refractivity contribution is 5.96. The summed E-state index contributed by atoms with van der Waals surface area (Å²) in [5, 5.41) is 2.89. The largest absolute Gasteiger partial charge is 0.493 e. The quantitative estimate of drug-likeness (QED) is 0.581. The van der Waals surface area contributed by atoms with Gasteiger partial charge in [0, 0.05) is 12.2 Å². The fourth-order valence-electron chi connectivity index (χ4n) is 2.96. The summed E-state index contributed by atoms with van der Waals surface area (Å²) in [6, 6.07) is 10.6. The number of H-pyrrole nitrogens is 2. The first kappa shape index (κ1) is 19.5. The number of aromatic amines is 2. The lowest BCUT2D eigenvalue weighted by Gasteiger charge is -2.24. The van der Waals surface area contributed by atoms with Crippen LogP contribution in [0.2, 0.25) is 0 Å². The number of carbonyl (C=O) groups excluding carboxylic acids is 1. The van der Waals surface area contributed by atoms with Crippen LogP contribution >= 0.6 is 0 Å². The molecule has 1 atom stereocenters. The molecule has 2 aromatic carbocycles. The fourth-order valence-corrected chi connectivity index (χ4v) is 2.96. The Kier molecular flexibility index (Phi) is 5.70. The molecule has 0 radical (unpaired) electrons. The van der Waals surface area contributed by atoms with E-state index in [0.717, 1.165) is 5.56 Å². The van der Waals surface area contributed by atoms with Gasteiger partial charge in [0.25, 0.3) is 0 Å². The van der Waals surface area contributed by atoms with Gasteiger partial charge in [-0.1, -0.05) is 6.07 Å². The average molecular weight is 384 g/mol. The first-order valence-corrected chi connectivity index (χ1v) is 8.85. The third kappa shape index (κ3) is 4.17. The minimum Gasteiger partial charge on any atom is -0.493 e. The number of methoxy groups -OCH3 is 2. The third-order valence-corrected chi connectivity index (χ3v) is 4.70. The second kappa shape index (κ2) is 8.18. The van der Waals surface area contributed by atoms with Crippen LogP contribution in [0.1, 0.15) is 12.5 Å². The Labute approximate surface area is 162 Å². The zero-order valence-electron chi connectivity index (χ0n) is 16.3. The van der Waals surface area contributed by atoms with Crippen LogP contribution in [0.4, 0.5) is 5.69 Å². The van der Waals surface area contributed by atoms with E-state index >= 15 is 0 Å². The number of carbonyl (C=O) groups is 1. The lowest BCUT2D eigenvalue weighted by Crippen LogP contribution is -2.39. The molecule has 8 heteroatoms. The van der Waals surface area contributed by atoms with Crippen LogP contribution in [0, 0.1) is 0 Å². The van der Waals surface area contributed by atoms with Crippen molar-refractivity contribution in [2.45, 2.75) is 19.5 Å². The number of ether oxygens (including phenoxy) is 2. The number of likely N-dealkylation sites (N-methyl/N-ethyl adjacent to an activating group) is 1. The zero-order chi connectivity index (χ0) is 20.3. The van der Waals surface area contributed by atoms with Gasteiger partial charge < -0.3 is 24.8 Å². The molecule has 0 saturated carbocycles. The minimum atomic E-state index is -0.367. The Balaban J connectivity index is 1.67. The Bertz CT molecular complexity index is 1040. The van der Waals surface area contributed by atoms with Gasteiger partial charge >= 0.3 is 5.69 Å². The Morgan fingerprint density at radius 1 is 1.07 bits per heavy atom. The topological polar surface area (TPSA) is 99.5 Å². The Morgan fingerprint density at radius 2 is 1.79 bits per heavy atom. The smallest absolute Gasteiger partial charge is 0.323 e. The van der Waals surface area contributed by atoms with Crippen molar-refractivity contribution in [2.75, 3.05) is 26.6 Å². The summed E-state index contributed by atoms with van der Waals surface area (Å²) in [7, 11) is 5.07. The van der Waals surface area contributed by atoms with E-state index in [1.807, 2.05) is 37.1 Å². The molecule has 0 bridgehead atoms. The highest BCUT2D eigenvalue weighted by atomic mass is 16.5. The molecule has 3 N–H and O–H groups in total. The van der Waals surface area contributed by atoms with Crippen LogP contribution in [0.25, 0.3) is 11.0 Å². The van der Waals surface area contributed by atoms with Crippen molar-refractivity contribution in [3.05, 3.63) is 52.4 Å². The molecule has 1 aromatic heterocycles. The minimum absolute atomic E-state index is 0.139. The maximum absolute atomic E-state index is 12.6. The number of hydrogen-bond donors (Lipinski definition) is 3. The lowest BCUT2D eigenvalue weighted by atomic mass is 10.1. The van der Waals surface area contributed by atoms with Crippen molar-refractivity contribution in [1.82, 2.24) is 14.9 Å². The van der Waals surface area contributed by atoms with Gasteiger partial charge in [0.1, 0.15) is 0 Å². The Hall–Kier alpha value is -3.26. The number of nitrogens with zero attached hydrogens (tertiary/aromatic N) is 1. The molecule has 0 aliphatic heterocycles. The maximum Gasteiger partial charge on any atom is 0.323 e. The highest BCUT2D eigenvalue weighted by Crippen LogP contribution is 2.28. The van der Waals surface area contributed by atoms with Crippen LogP contribution in [0.15, 0.2) is 41.2 Å². The summed E-state index contributed by atoms with van der Waals surface area (Å²) in [5.74, 6) is 1.18. The van der Waals surface area contributed by atoms with Gasteiger partial charge in [-0.2, -0.15) is 0 Å². The van der Waals surface area contributed by atoms with E-state index in [1.54, 1.807) is 32.4 Å². The number of amides is 1. The van der Waals surface area contributed by atoms with E-state index in [2.05, 4.69) is 15.3 Å². The van der Waals surface area contributed by atoms with Gasteiger partial charge in [-0.15, -0.1) is 0 Å². The Morgan fingerprint density at radius 3 is 2.50 bits per heavy atom. The van der Waals surface area contributed by atoms with Crippen molar-refractivity contribution in [3.8, 4) is 11.5 Å². The summed E-state index contributed by atoms with van der Waals surface area (Å²) < 4.78 is 10.6. The molecule has 3 rings (SSSR count). The number of anilines is 1. The predicted octanol–water partition coefficient (Wildman–Crippen LogP) is 2.33. The second-order valence-electron chi connectivity index (χ2n) is 6.61. The number of fused-ring (bicyclic) bond motifs is 1. The summed E-state index contributed by atoms with van der Waals surface area (Å²) in [5.41, 5.74) is 2.70. The SMILES string of the molecule is COc1ccc(CN(C)C(C)C(=O)Nc2ccc3[nH]c(=O)[nH]c3c2)cc1OC. The zero-order valence-corrected chi connectivity index (χ0v) is 16.3. The van der Waals surface area contributed by atoms with Crippen LogP contribution in [0.3, 0.4) is 0 Å². The summed E-state index contributed by atoms with van der Waals surface area (Å²) in [4.78, 5) is 31.3. The molecular formula is C20H24N4O4. The van der Waals surface area contributed by atoms with Crippen LogP contribution in [-0.4, -0.2) is 48.1 Å². The molecule has 3 aromatic rings. The van der Waals surface area contributed by atoms with E-state index in [9.17, 15) is 9.59 Å². The van der Waals surface area contributed by atoms with Gasteiger partial charge in [-0.25, -0.2) is 4.79 Å². The van der Waals surface area contributed by atoms with E-state index in [-0.39, 0.29) is 17.6 Å². The van der Waals surface area contributed by atoms with Gasteiger partial charge in [-0.3, -0.25) is 9.69 Å². The first-order valence-electron chi connectivity index (χ1n) is 8.85. The molecule has 28 heavy (non-hydrogen) atoms. The lowest BCUT2D eigenvalue weighted by molar-refractivity contribution is -0.120. The molecular weight excluding hydrogens is 360 g/mol. The van der Waals surface area contributed by atoms with E-state index in [1.165, 1.54) is 0 Å². The molecule has 8 nitrogen and oxygen atoms in total. The molecule has 0 spiro atoms. The summed E-state index contributed by atoms with van der Waals surface area (Å²) >= 11 is 0. The van der Waals surface area contributed by atoms with Gasteiger partial charge in [-0.05, 0) is 49.9 Å². The van der Waals surface area contributed by atoms with Gasteiger partial charge in [0.15, 0.2) is 11.5 Å². The third-order valence-electron chi connectivity index (χ3n) is 4.70. The van der Waals surface area contributed by atoms with Crippen molar-refractivity contribution < 1.29 is 14.3 Å². The summed E-state index contributed by atoms with van der Waals surface area (Å²) in [6.45, 7) is 2.41. The molecule has 0 fully saturated rings. The number of benzene rings is 2. The summed E-state index contributed by atoms with van der Waals surface area (Å²) in [6.07, 6.45) is 0. The highest BCUT2D eigenvalue weighted by Gasteiger charge is 2.19. The van der Waals surface area contributed by atoms with Crippen molar-refractivity contribution >= 4 is 22.6 Å². The number of rotatable bonds is 7. The first-order chi connectivity index (χ1) is 13.4. The monoisotopic (exact) mass is 384 g/mol. The number of hydrogen-bond acceptors (Lipinski definition) is 5. The normalized spacial score (nSPS) is 12.2.